The Hall–Kier alpha value is -9.92. The first-order valence-electron chi connectivity index (χ1n) is 33.7. The molecule has 0 saturated carbocycles. The van der Waals surface area contributed by atoms with Crippen molar-refractivity contribution in [3.05, 3.63) is 284 Å². The lowest BCUT2D eigenvalue weighted by Crippen LogP contribution is -2.33. The third-order valence-corrected chi connectivity index (χ3v) is 20.1. The summed E-state index contributed by atoms with van der Waals surface area (Å²) in [6.45, 7) is 35.0. The van der Waals surface area contributed by atoms with Crippen molar-refractivity contribution in [1.29, 1.82) is 0 Å². The molecular formula is C88H104N8+8. The van der Waals surface area contributed by atoms with E-state index in [1.165, 1.54) is 179 Å². The van der Waals surface area contributed by atoms with Gasteiger partial charge in [0.15, 0.2) is 49.6 Å². The zero-order chi connectivity index (χ0) is 69.7. The molecule has 0 aliphatic heterocycles. The lowest BCUT2D eigenvalue weighted by Gasteiger charge is -2.13. The third kappa shape index (κ3) is 14.9. The number of pyridine rings is 8. The predicted octanol–water partition coefficient (Wildman–Crippen LogP) is 15.6. The number of benzene rings is 4. The summed E-state index contributed by atoms with van der Waals surface area (Å²) in [6, 6.07) is 52.8. The molecule has 8 aromatic heterocycles. The maximum atomic E-state index is 2.29. The quantitative estimate of drug-likeness (QED) is 0.136. The molecule has 0 amide bonds. The van der Waals surface area contributed by atoms with Crippen LogP contribution >= 0.6 is 0 Å². The molecule has 8 heteroatoms. The predicted molar refractivity (Wildman–Crippen MR) is 394 cm³/mol. The Labute approximate surface area is 574 Å². The second kappa shape index (κ2) is 29.8. The second-order valence-electron chi connectivity index (χ2n) is 27.1. The van der Waals surface area contributed by atoms with E-state index in [9.17, 15) is 0 Å². The fourth-order valence-electron chi connectivity index (χ4n) is 13.5. The Morgan fingerprint density at radius 2 is 0.500 bits per heavy atom. The van der Waals surface area contributed by atoms with Crippen LogP contribution in [0, 0.1) is 111 Å². The van der Waals surface area contributed by atoms with E-state index in [-0.39, 0.29) is 0 Å². The van der Waals surface area contributed by atoms with Crippen molar-refractivity contribution >= 4 is 0 Å². The first-order valence-corrected chi connectivity index (χ1v) is 33.7. The van der Waals surface area contributed by atoms with E-state index < -0.39 is 0 Å². The summed E-state index contributed by atoms with van der Waals surface area (Å²) in [6.07, 6.45) is 17.3. The summed E-state index contributed by atoms with van der Waals surface area (Å²) in [4.78, 5) is 0. The normalized spacial score (nSPS) is 10.9. The largest absolute Gasteiger partial charge is 0.215 e. The monoisotopic (exact) mass is 1270 g/mol. The van der Waals surface area contributed by atoms with Crippen molar-refractivity contribution in [3.8, 4) is 90.1 Å². The van der Waals surface area contributed by atoms with Crippen LogP contribution in [0.1, 0.15) is 89.0 Å². The van der Waals surface area contributed by atoms with E-state index in [0.717, 1.165) is 0 Å². The van der Waals surface area contributed by atoms with E-state index in [2.05, 4.69) is 399 Å². The molecule has 8 heterocycles. The fraction of sp³-hybridized carbons (Fsp3) is 0.273. The minimum absolute atomic E-state index is 1.23. The van der Waals surface area contributed by atoms with Gasteiger partial charge in [-0.1, -0.05) is 24.3 Å². The van der Waals surface area contributed by atoms with Gasteiger partial charge >= 0.3 is 0 Å². The maximum absolute atomic E-state index is 2.29. The van der Waals surface area contributed by atoms with Gasteiger partial charge in [0.05, 0.1) is 11.1 Å². The highest BCUT2D eigenvalue weighted by atomic mass is 15.0. The highest BCUT2D eigenvalue weighted by molar-refractivity contribution is 5.78. The molecule has 0 aliphatic rings. The summed E-state index contributed by atoms with van der Waals surface area (Å²) in [7, 11) is 17.0. The first kappa shape index (κ1) is 70.4. The molecule has 12 rings (SSSR count). The number of nitrogens with zero attached hydrogens (tertiary/aromatic N) is 8. The summed E-state index contributed by atoms with van der Waals surface area (Å²) >= 11 is 0. The van der Waals surface area contributed by atoms with E-state index in [0.29, 0.717) is 0 Å². The number of aryl methyl sites for hydroxylation is 18. The van der Waals surface area contributed by atoms with Crippen LogP contribution in [0.5, 0.6) is 0 Å². The molecule has 4 aromatic carbocycles. The minimum Gasteiger partial charge on any atom is -0.201 e. The maximum Gasteiger partial charge on any atom is 0.215 e. The molecule has 96 heavy (non-hydrogen) atoms. The number of aromatic nitrogens is 8. The molecule has 0 aliphatic carbocycles. The second-order valence-corrected chi connectivity index (χ2v) is 27.1. The van der Waals surface area contributed by atoms with Crippen LogP contribution in [0.3, 0.4) is 0 Å². The van der Waals surface area contributed by atoms with Crippen LogP contribution in [0.4, 0.5) is 0 Å². The lowest BCUT2D eigenvalue weighted by molar-refractivity contribution is -0.661. The van der Waals surface area contributed by atoms with Crippen molar-refractivity contribution in [2.75, 3.05) is 0 Å². The van der Waals surface area contributed by atoms with Crippen molar-refractivity contribution in [3.63, 3.8) is 0 Å². The molecule has 0 spiro atoms. The highest BCUT2D eigenvalue weighted by Gasteiger charge is 2.26. The summed E-state index contributed by atoms with van der Waals surface area (Å²) < 4.78 is 17.7. The number of hydrogen-bond donors (Lipinski definition) is 0. The zero-order valence-electron chi connectivity index (χ0n) is 62.1. The summed E-state index contributed by atoms with van der Waals surface area (Å²) in [5.41, 5.74) is 41.6. The van der Waals surface area contributed by atoms with Gasteiger partial charge in [-0.2, -0.15) is 0 Å². The van der Waals surface area contributed by atoms with Gasteiger partial charge in [0.25, 0.3) is 0 Å². The molecule has 488 valence electrons. The third-order valence-electron chi connectivity index (χ3n) is 20.1. The van der Waals surface area contributed by atoms with Gasteiger partial charge in [0.2, 0.25) is 45.6 Å². The molecule has 0 fully saturated rings. The summed E-state index contributed by atoms with van der Waals surface area (Å²) in [5, 5.41) is 0. The SMILES string of the molecule is Cc1cc(-c2cccc(-c3cc(C)c(C)c[n+]3C)c2C)[n+](C)cc1C.Cc1cc(-c2cccc(-c3cccc[n+]3C)c2C)[n+](C)cc1C.Cc1cc[n+](C)c(-c2cccc(-c3c(C)c(C)cc[n+]3C)c2C)c1C.Cc1cc[n+](C)c(-c2cccc(-c3ccc(C)c[n+]3C)c2C)c1. The molecular weight excluding hydrogens is 1170 g/mol. The van der Waals surface area contributed by atoms with Crippen LogP contribution in [0.25, 0.3) is 90.1 Å². The van der Waals surface area contributed by atoms with Gasteiger partial charge in [0, 0.05) is 127 Å². The average Bonchev–Trinajstić information content (AvgIpc) is 0.782. The van der Waals surface area contributed by atoms with Crippen LogP contribution in [0.2, 0.25) is 0 Å². The van der Waals surface area contributed by atoms with E-state index in [1.54, 1.807) is 0 Å². The highest BCUT2D eigenvalue weighted by Crippen LogP contribution is 2.35. The standard InChI is InChI=1S/2C23H28N2.2C21H24N2/c1-15-11-22(24(6)13-17(15)3)20-9-8-10-21(19(20)5)23-12-16(2)18(4)14-25(23)7;1-15-11-13-24(6)22(17(15)3)20-9-8-10-21(19(20)5)23-18(4)16(2)12-14-25(23)7;1-15-13-21(23(5)14-16(15)2)19-10-8-9-18(17(19)3)20-11-6-7-12-22(20)4;1-15-11-12-22(4)21(13-15)19-8-6-7-18(17(19)3)20-10-9-16(2)14-23(20)5/h2*8-14H,1-7H3;2*6-14H,1-5H3/q4*+2. The van der Waals surface area contributed by atoms with Crippen LogP contribution < -0.4 is 36.5 Å². The Morgan fingerprint density at radius 3 is 0.875 bits per heavy atom. The molecule has 0 bridgehead atoms. The van der Waals surface area contributed by atoms with Crippen LogP contribution in [-0.4, -0.2) is 0 Å². The van der Waals surface area contributed by atoms with Crippen LogP contribution in [-0.2, 0) is 56.4 Å². The Kier molecular flexibility index (Phi) is 21.8. The van der Waals surface area contributed by atoms with Gasteiger partial charge in [-0.3, -0.25) is 0 Å². The molecule has 0 saturated heterocycles. The van der Waals surface area contributed by atoms with Gasteiger partial charge in [-0.05, 0) is 227 Å². The Balaban J connectivity index is 0.000000150. The van der Waals surface area contributed by atoms with Gasteiger partial charge in [-0.15, -0.1) is 0 Å². The molecule has 0 N–H and O–H groups in total. The Morgan fingerprint density at radius 1 is 0.188 bits per heavy atom. The van der Waals surface area contributed by atoms with Crippen LogP contribution in [0.15, 0.2) is 195 Å². The number of rotatable bonds is 8. The number of hydrogen-bond acceptors (Lipinski definition) is 0. The van der Waals surface area contributed by atoms with Gasteiger partial charge in [-0.25, -0.2) is 36.5 Å². The van der Waals surface area contributed by atoms with Gasteiger partial charge in [0.1, 0.15) is 56.4 Å². The first-order chi connectivity index (χ1) is 45.6. The molecule has 0 radical (unpaired) electrons. The molecule has 8 nitrogen and oxygen atoms in total. The smallest absolute Gasteiger partial charge is 0.201 e. The Bertz CT molecular complexity index is 4780. The topological polar surface area (TPSA) is 31.0 Å². The van der Waals surface area contributed by atoms with Crippen molar-refractivity contribution in [1.82, 2.24) is 0 Å². The molecule has 0 unspecified atom stereocenters. The van der Waals surface area contributed by atoms with E-state index >= 15 is 0 Å². The van der Waals surface area contributed by atoms with Crippen molar-refractivity contribution in [2.24, 2.45) is 56.4 Å². The fourth-order valence-corrected chi connectivity index (χ4v) is 13.5. The zero-order valence-corrected chi connectivity index (χ0v) is 62.1. The average molecular weight is 1270 g/mol. The molecule has 12 aromatic rings. The van der Waals surface area contributed by atoms with E-state index in [1.807, 2.05) is 0 Å². The van der Waals surface area contributed by atoms with Crippen molar-refractivity contribution in [2.45, 2.75) is 111 Å². The van der Waals surface area contributed by atoms with Crippen molar-refractivity contribution < 1.29 is 36.5 Å². The molecule has 0 atom stereocenters. The summed E-state index contributed by atoms with van der Waals surface area (Å²) in [5.74, 6) is 0. The lowest BCUT2D eigenvalue weighted by atomic mass is 9.92. The van der Waals surface area contributed by atoms with E-state index in [4.69, 9.17) is 0 Å². The minimum atomic E-state index is 1.23. The van der Waals surface area contributed by atoms with Gasteiger partial charge < -0.3 is 0 Å².